The predicted octanol–water partition coefficient (Wildman–Crippen LogP) is 2.68. The van der Waals surface area contributed by atoms with Gasteiger partial charge in [0.25, 0.3) is 5.91 Å². The lowest BCUT2D eigenvalue weighted by Gasteiger charge is -2.38. The van der Waals surface area contributed by atoms with Gasteiger partial charge in [-0.25, -0.2) is 4.68 Å². The highest BCUT2D eigenvalue weighted by molar-refractivity contribution is 5.91. The fourth-order valence-electron chi connectivity index (χ4n) is 4.37. The lowest BCUT2D eigenvalue weighted by molar-refractivity contribution is 0.0512. The Hall–Kier alpha value is -2.22. The van der Waals surface area contributed by atoms with Crippen LogP contribution in [0.2, 0.25) is 0 Å². The maximum atomic E-state index is 12.5. The molecule has 1 amide bonds. The van der Waals surface area contributed by atoms with Crippen LogP contribution in [0.1, 0.15) is 73.9 Å². The van der Waals surface area contributed by atoms with Gasteiger partial charge in [0.1, 0.15) is 0 Å². The summed E-state index contributed by atoms with van der Waals surface area (Å²) in [5, 5.41) is 12.7. The van der Waals surface area contributed by atoms with E-state index in [2.05, 4.69) is 32.0 Å². The number of carbonyl (C=O) groups is 1. The molecule has 2 fully saturated rings. The zero-order valence-electron chi connectivity index (χ0n) is 16.0. The number of tetrazole rings is 1. The summed E-state index contributed by atoms with van der Waals surface area (Å²) in [4.78, 5) is 16.8. The second kappa shape index (κ2) is 8.21. The summed E-state index contributed by atoms with van der Waals surface area (Å²) in [7, 11) is 0. The van der Waals surface area contributed by atoms with Crippen LogP contribution in [0, 0.1) is 0 Å². The number of aromatic nitrogens is 4. The van der Waals surface area contributed by atoms with E-state index in [0.717, 1.165) is 31.8 Å². The van der Waals surface area contributed by atoms with Crippen molar-refractivity contribution in [3.63, 3.8) is 0 Å². The van der Waals surface area contributed by atoms with Crippen molar-refractivity contribution in [2.75, 3.05) is 26.2 Å². The predicted molar refractivity (Wildman–Crippen MR) is 99.2 cm³/mol. The van der Waals surface area contributed by atoms with Crippen molar-refractivity contribution in [2.45, 2.75) is 57.5 Å². The Bertz CT molecular complexity index is 729. The van der Waals surface area contributed by atoms with Crippen molar-refractivity contribution >= 4 is 5.91 Å². The molecule has 1 atom stereocenters. The summed E-state index contributed by atoms with van der Waals surface area (Å²) < 4.78 is 7.34. The molecule has 27 heavy (non-hydrogen) atoms. The molecule has 0 radical (unpaired) electrons. The van der Waals surface area contributed by atoms with E-state index in [0.29, 0.717) is 24.9 Å². The van der Waals surface area contributed by atoms with Gasteiger partial charge < -0.3 is 9.32 Å². The van der Waals surface area contributed by atoms with Crippen LogP contribution < -0.4 is 0 Å². The van der Waals surface area contributed by atoms with Gasteiger partial charge in [-0.2, -0.15) is 0 Å². The van der Waals surface area contributed by atoms with Gasteiger partial charge in [0, 0.05) is 26.2 Å². The molecular formula is C19H28N6O2. The quantitative estimate of drug-likeness (QED) is 0.775. The zero-order valence-corrected chi connectivity index (χ0v) is 16.0. The number of hydrogen-bond acceptors (Lipinski definition) is 6. The van der Waals surface area contributed by atoms with E-state index < -0.39 is 0 Å². The first kappa shape index (κ1) is 18.2. The van der Waals surface area contributed by atoms with E-state index in [9.17, 15) is 4.79 Å². The second-order valence-corrected chi connectivity index (χ2v) is 7.53. The summed E-state index contributed by atoms with van der Waals surface area (Å²) in [5.41, 5.74) is 0. The van der Waals surface area contributed by atoms with Crippen LogP contribution in [0.4, 0.5) is 0 Å². The fraction of sp³-hybridized carbons (Fsp3) is 0.684. The number of piperazine rings is 1. The van der Waals surface area contributed by atoms with E-state index in [1.165, 1.54) is 25.7 Å². The van der Waals surface area contributed by atoms with Gasteiger partial charge in [-0.3, -0.25) is 9.69 Å². The number of hydrogen-bond donors (Lipinski definition) is 0. The lowest BCUT2D eigenvalue weighted by Crippen LogP contribution is -2.50. The van der Waals surface area contributed by atoms with Crippen LogP contribution in [-0.2, 0) is 0 Å². The molecule has 2 aliphatic rings. The minimum atomic E-state index is -0.0255. The van der Waals surface area contributed by atoms with Gasteiger partial charge in [-0.1, -0.05) is 26.2 Å². The zero-order chi connectivity index (χ0) is 18.6. The Labute approximate surface area is 159 Å². The molecule has 146 valence electrons. The summed E-state index contributed by atoms with van der Waals surface area (Å²) in [5.74, 6) is 1.38. The Morgan fingerprint density at radius 3 is 2.70 bits per heavy atom. The highest BCUT2D eigenvalue weighted by Crippen LogP contribution is 2.33. The van der Waals surface area contributed by atoms with Crippen molar-refractivity contribution < 1.29 is 9.21 Å². The second-order valence-electron chi connectivity index (χ2n) is 7.53. The molecule has 0 aromatic carbocycles. The van der Waals surface area contributed by atoms with Crippen LogP contribution in [0.25, 0.3) is 0 Å². The van der Waals surface area contributed by atoms with E-state index in [1.54, 1.807) is 18.4 Å². The van der Waals surface area contributed by atoms with Gasteiger partial charge in [0.15, 0.2) is 11.6 Å². The molecule has 0 N–H and O–H groups in total. The number of amides is 1. The average Bonchev–Trinajstić information content (AvgIpc) is 3.47. The SMILES string of the molecule is CCC[C@H](c1nnnn1C1CCCC1)N1CCN(C(=O)c2ccco2)CC1. The molecule has 3 heterocycles. The lowest BCUT2D eigenvalue weighted by atomic mass is 10.1. The maximum Gasteiger partial charge on any atom is 0.289 e. The highest BCUT2D eigenvalue weighted by Gasteiger charge is 2.32. The largest absolute Gasteiger partial charge is 0.459 e. The Balaban J connectivity index is 1.45. The molecule has 8 nitrogen and oxygen atoms in total. The van der Waals surface area contributed by atoms with Crippen LogP contribution in [0.5, 0.6) is 0 Å². The van der Waals surface area contributed by atoms with Gasteiger partial charge in [-0.15, -0.1) is 5.10 Å². The van der Waals surface area contributed by atoms with Crippen LogP contribution in [-0.4, -0.2) is 62.1 Å². The van der Waals surface area contributed by atoms with Crippen molar-refractivity contribution in [1.29, 1.82) is 0 Å². The van der Waals surface area contributed by atoms with Gasteiger partial charge in [0.05, 0.1) is 18.3 Å². The maximum absolute atomic E-state index is 12.5. The third-order valence-corrected chi connectivity index (χ3v) is 5.82. The molecule has 0 spiro atoms. The molecule has 1 aliphatic heterocycles. The summed E-state index contributed by atoms with van der Waals surface area (Å²) >= 11 is 0. The van der Waals surface area contributed by atoms with E-state index in [-0.39, 0.29) is 11.9 Å². The van der Waals surface area contributed by atoms with Crippen molar-refractivity contribution in [3.8, 4) is 0 Å². The third kappa shape index (κ3) is 3.76. The van der Waals surface area contributed by atoms with Crippen LogP contribution in [0.3, 0.4) is 0 Å². The molecule has 1 saturated carbocycles. The molecular weight excluding hydrogens is 344 g/mol. The van der Waals surface area contributed by atoms with E-state index in [4.69, 9.17) is 4.42 Å². The third-order valence-electron chi connectivity index (χ3n) is 5.82. The van der Waals surface area contributed by atoms with Crippen molar-refractivity contribution in [3.05, 3.63) is 30.0 Å². The smallest absolute Gasteiger partial charge is 0.289 e. The Morgan fingerprint density at radius 2 is 2.04 bits per heavy atom. The molecule has 2 aromatic heterocycles. The number of carbonyl (C=O) groups excluding carboxylic acids is 1. The molecule has 0 unspecified atom stereocenters. The van der Waals surface area contributed by atoms with Gasteiger partial charge >= 0.3 is 0 Å². The molecule has 0 bridgehead atoms. The van der Waals surface area contributed by atoms with Gasteiger partial charge in [-0.05, 0) is 41.8 Å². The average molecular weight is 372 g/mol. The Morgan fingerprint density at radius 1 is 1.26 bits per heavy atom. The first-order valence-corrected chi connectivity index (χ1v) is 10.1. The van der Waals surface area contributed by atoms with Crippen LogP contribution >= 0.6 is 0 Å². The number of furan rings is 1. The van der Waals surface area contributed by atoms with Crippen molar-refractivity contribution in [1.82, 2.24) is 30.0 Å². The molecule has 1 saturated heterocycles. The first-order chi connectivity index (χ1) is 13.3. The number of rotatable bonds is 6. The normalized spacial score (nSPS) is 20.3. The molecule has 1 aliphatic carbocycles. The van der Waals surface area contributed by atoms with Crippen LogP contribution in [0.15, 0.2) is 22.8 Å². The standard InChI is InChI=1S/C19H28N6O2/c1-2-6-16(18-20-21-22-25(18)15-7-3-4-8-15)23-10-12-24(13-11-23)19(26)17-9-5-14-27-17/h5,9,14-16H,2-4,6-8,10-13H2,1H3/t16-/m1/s1. The minimum absolute atomic E-state index is 0.0255. The molecule has 4 rings (SSSR count). The van der Waals surface area contributed by atoms with Gasteiger partial charge in [0.2, 0.25) is 0 Å². The summed E-state index contributed by atoms with van der Waals surface area (Å²) in [6, 6.07) is 4.14. The Kier molecular flexibility index (Phi) is 5.52. The molecule has 2 aromatic rings. The van der Waals surface area contributed by atoms with E-state index in [1.807, 2.05) is 4.90 Å². The molecule has 8 heteroatoms. The van der Waals surface area contributed by atoms with Crippen molar-refractivity contribution in [2.24, 2.45) is 0 Å². The summed E-state index contributed by atoms with van der Waals surface area (Å²) in [6.45, 7) is 5.26. The summed E-state index contributed by atoms with van der Waals surface area (Å²) in [6.07, 6.45) is 8.51. The monoisotopic (exact) mass is 372 g/mol. The first-order valence-electron chi connectivity index (χ1n) is 10.1. The van der Waals surface area contributed by atoms with E-state index >= 15 is 0 Å². The highest BCUT2D eigenvalue weighted by atomic mass is 16.3. The fourth-order valence-corrected chi connectivity index (χ4v) is 4.37. The topological polar surface area (TPSA) is 80.3 Å². The minimum Gasteiger partial charge on any atom is -0.459 e. The number of nitrogens with zero attached hydrogens (tertiary/aromatic N) is 6.